The zero-order chi connectivity index (χ0) is 13.1. The molecule has 2 nitrogen and oxygen atoms in total. The Morgan fingerprint density at radius 1 is 1.05 bits per heavy atom. The molecular formula is C16H17FO2. The van der Waals surface area contributed by atoms with Crippen molar-refractivity contribution in [2.24, 2.45) is 0 Å². The maximum absolute atomic E-state index is 14.0. The van der Waals surface area contributed by atoms with Crippen LogP contribution in [0.5, 0.6) is 5.75 Å². The van der Waals surface area contributed by atoms with E-state index in [4.69, 9.17) is 9.15 Å². The number of ether oxygens (including phenoxy) is 1. The third-order valence-electron chi connectivity index (χ3n) is 3.59. The number of hydrogen-bond acceptors (Lipinski definition) is 2. The molecule has 0 spiro atoms. The number of halogens is 1. The van der Waals surface area contributed by atoms with Gasteiger partial charge >= 0.3 is 0 Å². The Morgan fingerprint density at radius 3 is 2.63 bits per heavy atom. The monoisotopic (exact) mass is 260 g/mol. The Balaban J connectivity index is 1.90. The van der Waals surface area contributed by atoms with E-state index in [-0.39, 0.29) is 11.9 Å². The van der Waals surface area contributed by atoms with Gasteiger partial charge in [0.1, 0.15) is 17.3 Å². The molecule has 19 heavy (non-hydrogen) atoms. The molecule has 0 unspecified atom stereocenters. The lowest BCUT2D eigenvalue weighted by Crippen LogP contribution is -2.20. The van der Waals surface area contributed by atoms with E-state index in [0.717, 1.165) is 12.8 Å². The Hall–Kier alpha value is -1.77. The fourth-order valence-corrected chi connectivity index (χ4v) is 2.63. The van der Waals surface area contributed by atoms with E-state index in [1.807, 2.05) is 6.07 Å². The first-order chi connectivity index (χ1) is 9.34. The maximum atomic E-state index is 14.0. The van der Waals surface area contributed by atoms with Crippen molar-refractivity contribution in [2.75, 3.05) is 0 Å². The van der Waals surface area contributed by atoms with E-state index in [1.165, 1.54) is 25.3 Å². The highest BCUT2D eigenvalue weighted by molar-refractivity contribution is 5.66. The minimum absolute atomic E-state index is 0.198. The summed E-state index contributed by atoms with van der Waals surface area (Å²) in [4.78, 5) is 0. The van der Waals surface area contributed by atoms with Gasteiger partial charge in [0.25, 0.3) is 0 Å². The molecule has 2 aromatic rings. The van der Waals surface area contributed by atoms with Gasteiger partial charge in [0.05, 0.1) is 17.9 Å². The first-order valence-corrected chi connectivity index (χ1v) is 6.83. The normalized spacial score (nSPS) is 16.5. The largest absolute Gasteiger partial charge is 0.490 e. The third kappa shape index (κ3) is 2.65. The van der Waals surface area contributed by atoms with Crippen LogP contribution in [0.2, 0.25) is 0 Å². The third-order valence-corrected chi connectivity index (χ3v) is 3.59. The molecule has 0 amide bonds. The molecule has 3 heteroatoms. The first kappa shape index (κ1) is 12.3. The summed E-state index contributed by atoms with van der Waals surface area (Å²) in [6.45, 7) is 0. The molecule has 1 aromatic carbocycles. The van der Waals surface area contributed by atoms with Gasteiger partial charge in [0.2, 0.25) is 0 Å². The minimum atomic E-state index is -0.303. The average molecular weight is 260 g/mol. The summed E-state index contributed by atoms with van der Waals surface area (Å²) in [6, 6.07) is 8.44. The van der Waals surface area contributed by atoms with Gasteiger partial charge in [0.15, 0.2) is 0 Å². The Kier molecular flexibility index (Phi) is 3.53. The fourth-order valence-electron chi connectivity index (χ4n) is 2.63. The minimum Gasteiger partial charge on any atom is -0.490 e. The molecule has 1 aromatic heterocycles. The van der Waals surface area contributed by atoms with Crippen molar-refractivity contribution in [1.29, 1.82) is 0 Å². The van der Waals surface area contributed by atoms with Crippen LogP contribution < -0.4 is 4.74 Å². The number of furan rings is 1. The molecule has 100 valence electrons. The van der Waals surface area contributed by atoms with Gasteiger partial charge in [-0.2, -0.15) is 0 Å². The molecule has 1 saturated carbocycles. The van der Waals surface area contributed by atoms with Gasteiger partial charge in [-0.1, -0.05) is 12.5 Å². The van der Waals surface area contributed by atoms with Crippen molar-refractivity contribution in [1.82, 2.24) is 0 Å². The summed E-state index contributed by atoms with van der Waals surface area (Å²) in [5.41, 5.74) is 0.429. The van der Waals surface area contributed by atoms with Crippen molar-refractivity contribution in [3.63, 3.8) is 0 Å². The van der Waals surface area contributed by atoms with Gasteiger partial charge in [-0.15, -0.1) is 0 Å². The van der Waals surface area contributed by atoms with Crippen LogP contribution in [-0.4, -0.2) is 6.10 Å². The van der Waals surface area contributed by atoms with Crippen LogP contribution in [0, 0.1) is 5.82 Å². The van der Waals surface area contributed by atoms with Crippen LogP contribution in [0.3, 0.4) is 0 Å². The summed E-state index contributed by atoms with van der Waals surface area (Å²) in [5.74, 6) is 0.800. The second kappa shape index (κ2) is 5.47. The average Bonchev–Trinajstić information content (AvgIpc) is 2.94. The van der Waals surface area contributed by atoms with E-state index >= 15 is 0 Å². The van der Waals surface area contributed by atoms with Crippen LogP contribution in [0.1, 0.15) is 32.1 Å². The van der Waals surface area contributed by atoms with E-state index in [0.29, 0.717) is 17.1 Å². The number of hydrogen-bond donors (Lipinski definition) is 0. The zero-order valence-corrected chi connectivity index (χ0v) is 10.8. The SMILES string of the molecule is Fc1cccc(OC2CCCCC2)c1-c1ccco1. The van der Waals surface area contributed by atoms with E-state index in [1.54, 1.807) is 24.5 Å². The second-order valence-electron chi connectivity index (χ2n) is 4.97. The van der Waals surface area contributed by atoms with Crippen molar-refractivity contribution in [3.8, 4) is 17.1 Å². The Labute approximate surface area is 112 Å². The standard InChI is InChI=1S/C16H17FO2/c17-13-8-4-9-15(16(13)14-10-5-11-18-14)19-12-6-2-1-3-7-12/h4-5,8-12H,1-3,6-7H2. The van der Waals surface area contributed by atoms with Gasteiger partial charge < -0.3 is 9.15 Å². The molecule has 0 N–H and O–H groups in total. The molecule has 1 heterocycles. The van der Waals surface area contributed by atoms with Crippen molar-refractivity contribution >= 4 is 0 Å². The lowest BCUT2D eigenvalue weighted by atomic mass is 9.97. The van der Waals surface area contributed by atoms with Crippen molar-refractivity contribution in [3.05, 3.63) is 42.4 Å². The second-order valence-corrected chi connectivity index (χ2v) is 4.97. The predicted octanol–water partition coefficient (Wildman–Crippen LogP) is 4.80. The van der Waals surface area contributed by atoms with Crippen LogP contribution in [0.25, 0.3) is 11.3 Å². The number of rotatable bonds is 3. The van der Waals surface area contributed by atoms with Crippen LogP contribution in [0.15, 0.2) is 41.0 Å². The Morgan fingerprint density at radius 2 is 1.89 bits per heavy atom. The molecule has 0 aliphatic heterocycles. The molecular weight excluding hydrogens is 243 g/mol. The Bertz CT molecular complexity index is 528. The summed E-state index contributed by atoms with van der Waals surface area (Å²) in [7, 11) is 0. The van der Waals surface area contributed by atoms with E-state index < -0.39 is 0 Å². The topological polar surface area (TPSA) is 22.4 Å². The quantitative estimate of drug-likeness (QED) is 0.791. The lowest BCUT2D eigenvalue weighted by Gasteiger charge is -2.24. The summed E-state index contributed by atoms with van der Waals surface area (Å²) in [6.07, 6.45) is 7.50. The van der Waals surface area contributed by atoms with Gasteiger partial charge in [-0.05, 0) is 49.9 Å². The molecule has 3 rings (SSSR count). The molecule has 0 radical (unpaired) electrons. The molecule has 1 aliphatic rings. The van der Waals surface area contributed by atoms with Crippen LogP contribution in [-0.2, 0) is 0 Å². The van der Waals surface area contributed by atoms with Gasteiger partial charge in [-0.25, -0.2) is 4.39 Å². The molecule has 0 atom stereocenters. The van der Waals surface area contributed by atoms with Gasteiger partial charge in [-0.3, -0.25) is 0 Å². The van der Waals surface area contributed by atoms with Gasteiger partial charge in [0, 0.05) is 0 Å². The van der Waals surface area contributed by atoms with E-state index in [2.05, 4.69) is 0 Å². The summed E-state index contributed by atoms with van der Waals surface area (Å²) >= 11 is 0. The molecule has 1 aliphatic carbocycles. The maximum Gasteiger partial charge on any atom is 0.140 e. The fraction of sp³-hybridized carbons (Fsp3) is 0.375. The molecule has 1 fully saturated rings. The molecule has 0 bridgehead atoms. The smallest absolute Gasteiger partial charge is 0.140 e. The predicted molar refractivity (Wildman–Crippen MR) is 71.6 cm³/mol. The zero-order valence-electron chi connectivity index (χ0n) is 10.8. The highest BCUT2D eigenvalue weighted by Crippen LogP contribution is 2.35. The number of benzene rings is 1. The highest BCUT2D eigenvalue weighted by atomic mass is 19.1. The van der Waals surface area contributed by atoms with Crippen LogP contribution in [0.4, 0.5) is 4.39 Å². The van der Waals surface area contributed by atoms with Crippen molar-refractivity contribution in [2.45, 2.75) is 38.2 Å². The van der Waals surface area contributed by atoms with E-state index in [9.17, 15) is 4.39 Å². The summed E-state index contributed by atoms with van der Waals surface area (Å²) < 4.78 is 25.3. The first-order valence-electron chi connectivity index (χ1n) is 6.83. The lowest BCUT2D eigenvalue weighted by molar-refractivity contribution is 0.155. The molecule has 0 saturated heterocycles. The highest BCUT2D eigenvalue weighted by Gasteiger charge is 2.19. The summed E-state index contributed by atoms with van der Waals surface area (Å²) in [5, 5.41) is 0. The van der Waals surface area contributed by atoms with Crippen LogP contribution >= 0.6 is 0 Å². The van der Waals surface area contributed by atoms with Crippen molar-refractivity contribution < 1.29 is 13.5 Å².